The summed E-state index contributed by atoms with van der Waals surface area (Å²) < 4.78 is 14.0. The van der Waals surface area contributed by atoms with Gasteiger partial charge in [-0.05, 0) is 37.1 Å². The summed E-state index contributed by atoms with van der Waals surface area (Å²) in [6, 6.07) is 15.4. The van der Waals surface area contributed by atoms with Crippen molar-refractivity contribution in [3.05, 3.63) is 59.9 Å². The van der Waals surface area contributed by atoms with Crippen molar-refractivity contribution >= 4 is 23.2 Å². The molecule has 0 unspecified atom stereocenters. The van der Waals surface area contributed by atoms with Gasteiger partial charge >= 0.3 is 0 Å². The molecule has 0 spiro atoms. The second-order valence-corrected chi connectivity index (χ2v) is 7.42. The Labute approximate surface area is 168 Å². The first kappa shape index (κ1) is 18.9. The molecule has 0 bridgehead atoms. The molecule has 1 N–H and O–H groups in total. The number of nitrogens with one attached hydrogen (secondary N) is 1. The van der Waals surface area contributed by atoms with E-state index in [2.05, 4.69) is 5.32 Å². The number of hydrogen-bond donors (Lipinski definition) is 1. The third kappa shape index (κ3) is 3.54. The van der Waals surface area contributed by atoms with E-state index in [1.165, 1.54) is 6.07 Å². The van der Waals surface area contributed by atoms with Gasteiger partial charge in [0, 0.05) is 26.2 Å². The quantitative estimate of drug-likeness (QED) is 0.812. The van der Waals surface area contributed by atoms with Gasteiger partial charge in [0.2, 0.25) is 11.8 Å². The van der Waals surface area contributed by atoms with Crippen molar-refractivity contribution in [3.8, 4) is 6.07 Å². The molecule has 1 saturated heterocycles. The summed E-state index contributed by atoms with van der Waals surface area (Å²) in [5.74, 6) is -0.819. The van der Waals surface area contributed by atoms with E-state index in [4.69, 9.17) is 0 Å². The van der Waals surface area contributed by atoms with E-state index >= 15 is 0 Å². The molecule has 1 aliphatic heterocycles. The van der Waals surface area contributed by atoms with Gasteiger partial charge in [-0.1, -0.05) is 24.3 Å². The lowest BCUT2D eigenvalue weighted by atomic mass is 10.0. The molecular formula is C22H21FN4O2. The lowest BCUT2D eigenvalue weighted by molar-refractivity contribution is -0.142. The normalized spacial score (nSPS) is 17.4. The van der Waals surface area contributed by atoms with E-state index in [0.717, 1.165) is 0 Å². The molecule has 29 heavy (non-hydrogen) atoms. The molecule has 2 aromatic carbocycles. The zero-order chi connectivity index (χ0) is 20.4. The van der Waals surface area contributed by atoms with Gasteiger partial charge in [0.15, 0.2) is 0 Å². The molecule has 7 heteroatoms. The average molecular weight is 392 g/mol. The van der Waals surface area contributed by atoms with E-state index < -0.39 is 5.41 Å². The largest absolute Gasteiger partial charge is 0.366 e. The molecule has 1 aliphatic carbocycles. The first-order chi connectivity index (χ1) is 14.0. The summed E-state index contributed by atoms with van der Waals surface area (Å²) >= 11 is 0. The standard InChI is InChI=1S/C22H21FN4O2/c23-17-6-2-4-8-19(17)26-11-13-27(14-12-26)21(29)22(9-10-22)20(28)25-18-7-3-1-5-16(18)15-24/h1-8H,9-14H2,(H,25,28). The summed E-state index contributed by atoms with van der Waals surface area (Å²) in [5, 5.41) is 12.0. The lowest BCUT2D eigenvalue weighted by Crippen LogP contribution is -2.52. The highest BCUT2D eigenvalue weighted by molar-refractivity contribution is 6.13. The van der Waals surface area contributed by atoms with Gasteiger partial charge in [0.1, 0.15) is 17.3 Å². The summed E-state index contributed by atoms with van der Waals surface area (Å²) in [4.78, 5) is 29.6. The Morgan fingerprint density at radius 2 is 1.66 bits per heavy atom. The molecule has 0 atom stereocenters. The Balaban J connectivity index is 1.41. The van der Waals surface area contributed by atoms with Gasteiger partial charge < -0.3 is 15.1 Å². The highest BCUT2D eigenvalue weighted by Gasteiger charge is 2.58. The molecule has 2 aliphatic rings. The summed E-state index contributed by atoms with van der Waals surface area (Å²) in [5.41, 5.74) is 0.264. The summed E-state index contributed by atoms with van der Waals surface area (Å²) in [6.07, 6.45) is 1.000. The number of hydrogen-bond acceptors (Lipinski definition) is 4. The maximum atomic E-state index is 14.0. The van der Waals surface area contributed by atoms with Gasteiger partial charge in [-0.25, -0.2) is 4.39 Å². The monoisotopic (exact) mass is 392 g/mol. The Hall–Kier alpha value is -3.40. The van der Waals surface area contributed by atoms with Crippen LogP contribution < -0.4 is 10.2 Å². The number of carbonyl (C=O) groups excluding carboxylic acids is 2. The fraction of sp³-hybridized carbons (Fsp3) is 0.318. The third-order valence-electron chi connectivity index (χ3n) is 5.65. The van der Waals surface area contributed by atoms with Gasteiger partial charge in [0.25, 0.3) is 0 Å². The van der Waals surface area contributed by atoms with Crippen LogP contribution in [-0.4, -0.2) is 42.9 Å². The van der Waals surface area contributed by atoms with Crippen molar-refractivity contribution in [1.82, 2.24) is 4.90 Å². The highest BCUT2D eigenvalue weighted by Crippen LogP contribution is 2.48. The van der Waals surface area contributed by atoms with Crippen molar-refractivity contribution in [1.29, 1.82) is 5.26 Å². The Morgan fingerprint density at radius 1 is 1.00 bits per heavy atom. The lowest BCUT2D eigenvalue weighted by Gasteiger charge is -2.37. The first-order valence-electron chi connectivity index (χ1n) is 9.64. The number of para-hydroxylation sites is 2. The van der Waals surface area contributed by atoms with Crippen molar-refractivity contribution < 1.29 is 14.0 Å². The minimum absolute atomic E-state index is 0.183. The minimum Gasteiger partial charge on any atom is -0.366 e. The van der Waals surface area contributed by atoms with E-state index in [1.54, 1.807) is 47.4 Å². The van der Waals surface area contributed by atoms with Crippen molar-refractivity contribution in [2.75, 3.05) is 36.4 Å². The van der Waals surface area contributed by atoms with E-state index in [9.17, 15) is 19.2 Å². The predicted octanol–water partition coefficient (Wildman–Crippen LogP) is 2.76. The molecule has 1 heterocycles. The summed E-state index contributed by atoms with van der Waals surface area (Å²) in [6.45, 7) is 1.91. The number of rotatable bonds is 4. The van der Waals surface area contributed by atoms with Crippen LogP contribution in [0.25, 0.3) is 0 Å². The number of anilines is 2. The average Bonchev–Trinajstić information content (AvgIpc) is 3.56. The molecule has 2 aromatic rings. The molecule has 2 amide bonds. The first-order valence-corrected chi connectivity index (χ1v) is 9.64. The zero-order valence-corrected chi connectivity index (χ0v) is 15.9. The summed E-state index contributed by atoms with van der Waals surface area (Å²) in [7, 11) is 0. The highest BCUT2D eigenvalue weighted by atomic mass is 19.1. The van der Waals surface area contributed by atoms with Gasteiger partial charge in [-0.2, -0.15) is 5.26 Å². The van der Waals surface area contributed by atoms with Crippen LogP contribution >= 0.6 is 0 Å². The molecule has 4 rings (SSSR count). The fourth-order valence-corrected chi connectivity index (χ4v) is 3.76. The molecular weight excluding hydrogens is 371 g/mol. The number of nitrogens with zero attached hydrogens (tertiary/aromatic N) is 3. The van der Waals surface area contributed by atoms with Crippen molar-refractivity contribution in [3.63, 3.8) is 0 Å². The Morgan fingerprint density at radius 3 is 2.31 bits per heavy atom. The van der Waals surface area contributed by atoms with Crippen molar-refractivity contribution in [2.24, 2.45) is 5.41 Å². The second kappa shape index (κ2) is 7.55. The number of nitriles is 1. The SMILES string of the molecule is N#Cc1ccccc1NC(=O)C1(C(=O)N2CCN(c3ccccc3F)CC2)CC1. The van der Waals surface area contributed by atoms with Crippen LogP contribution in [0.2, 0.25) is 0 Å². The minimum atomic E-state index is -1.05. The van der Waals surface area contributed by atoms with Crippen LogP contribution in [0.3, 0.4) is 0 Å². The number of amides is 2. The number of benzene rings is 2. The van der Waals surface area contributed by atoms with Crippen LogP contribution in [0.1, 0.15) is 18.4 Å². The number of halogens is 1. The van der Waals surface area contributed by atoms with Crippen molar-refractivity contribution in [2.45, 2.75) is 12.8 Å². The maximum Gasteiger partial charge on any atom is 0.240 e. The van der Waals surface area contributed by atoms with Crippen LogP contribution in [0.15, 0.2) is 48.5 Å². The third-order valence-corrected chi connectivity index (χ3v) is 5.65. The van der Waals surface area contributed by atoms with Gasteiger partial charge in [0.05, 0.1) is 16.9 Å². The predicted molar refractivity (Wildman–Crippen MR) is 107 cm³/mol. The van der Waals surface area contributed by atoms with Crippen LogP contribution in [0.4, 0.5) is 15.8 Å². The number of carbonyl (C=O) groups is 2. The Bertz CT molecular complexity index is 988. The van der Waals surface area contributed by atoms with Crippen LogP contribution in [0, 0.1) is 22.6 Å². The van der Waals surface area contributed by atoms with Crippen LogP contribution in [-0.2, 0) is 9.59 Å². The molecule has 2 fully saturated rings. The topological polar surface area (TPSA) is 76.4 Å². The molecule has 0 aromatic heterocycles. The molecule has 1 saturated carbocycles. The molecule has 148 valence electrons. The fourth-order valence-electron chi connectivity index (χ4n) is 3.76. The van der Waals surface area contributed by atoms with E-state index in [-0.39, 0.29) is 17.6 Å². The van der Waals surface area contributed by atoms with E-state index in [0.29, 0.717) is 56.0 Å². The molecule has 0 radical (unpaired) electrons. The number of piperazine rings is 1. The van der Waals surface area contributed by atoms with Gasteiger partial charge in [-0.15, -0.1) is 0 Å². The smallest absolute Gasteiger partial charge is 0.240 e. The van der Waals surface area contributed by atoms with Crippen LogP contribution in [0.5, 0.6) is 0 Å². The second-order valence-electron chi connectivity index (χ2n) is 7.42. The maximum absolute atomic E-state index is 14.0. The van der Waals surface area contributed by atoms with E-state index in [1.807, 2.05) is 11.0 Å². The molecule has 6 nitrogen and oxygen atoms in total. The Kier molecular flexibility index (Phi) is 4.93. The van der Waals surface area contributed by atoms with Gasteiger partial charge in [-0.3, -0.25) is 9.59 Å². The zero-order valence-electron chi connectivity index (χ0n) is 15.9.